The number of likely N-dealkylation sites (N-methyl/N-ethyl adjacent to an activating group) is 2. The number of aryl methyl sites for hydroxylation is 2. The molecule has 1 saturated heterocycles. The van der Waals surface area contributed by atoms with Crippen LogP contribution in [0.2, 0.25) is 0 Å². The van der Waals surface area contributed by atoms with E-state index in [1.165, 1.54) is 5.56 Å². The van der Waals surface area contributed by atoms with E-state index < -0.39 is 0 Å². The zero-order valence-corrected chi connectivity index (χ0v) is 15.0. The number of morpholine rings is 1. The molecule has 0 N–H and O–H groups in total. The Morgan fingerprint density at radius 1 is 1.33 bits per heavy atom. The van der Waals surface area contributed by atoms with Gasteiger partial charge in [0.05, 0.1) is 37.7 Å². The Morgan fingerprint density at radius 2 is 2.17 bits per heavy atom. The normalized spacial score (nSPS) is 22.4. The lowest BCUT2D eigenvalue weighted by atomic mass is 10.0. The van der Waals surface area contributed by atoms with Crippen LogP contribution in [0.15, 0.2) is 23.0 Å². The Bertz CT molecular complexity index is 653. The average Bonchev–Trinajstić information content (AvgIpc) is 3.16. The highest BCUT2D eigenvalue weighted by molar-refractivity contribution is 5.14. The van der Waals surface area contributed by atoms with Crippen LogP contribution < -0.4 is 0 Å². The molecule has 7 heteroatoms. The molecule has 1 aliphatic rings. The standard InChI is InChI=1S/C17H27N5O2/c1-5-16-18-9-14(24-16)11-20(2)12-15-17(21(3)6-7-23-15)13-8-19-22(4)10-13/h8-10,15,17H,5-7,11-12H2,1-4H3/t15-,17-/m0/s1. The van der Waals surface area contributed by atoms with E-state index in [9.17, 15) is 0 Å². The van der Waals surface area contributed by atoms with Crippen LogP contribution >= 0.6 is 0 Å². The van der Waals surface area contributed by atoms with Crippen LogP contribution in [0.1, 0.15) is 30.2 Å². The van der Waals surface area contributed by atoms with Crippen LogP contribution in [0.5, 0.6) is 0 Å². The molecule has 24 heavy (non-hydrogen) atoms. The maximum absolute atomic E-state index is 6.09. The topological polar surface area (TPSA) is 59.6 Å². The second kappa shape index (κ2) is 7.46. The summed E-state index contributed by atoms with van der Waals surface area (Å²) in [4.78, 5) is 8.85. The summed E-state index contributed by atoms with van der Waals surface area (Å²) in [5.74, 6) is 1.69. The fourth-order valence-electron chi connectivity index (χ4n) is 3.30. The third kappa shape index (κ3) is 3.85. The third-order valence-corrected chi connectivity index (χ3v) is 4.49. The fraction of sp³-hybridized carbons (Fsp3) is 0.647. The van der Waals surface area contributed by atoms with E-state index in [1.54, 1.807) is 0 Å². The van der Waals surface area contributed by atoms with Crippen molar-refractivity contribution in [3.8, 4) is 0 Å². The van der Waals surface area contributed by atoms with Gasteiger partial charge in [-0.15, -0.1) is 0 Å². The van der Waals surface area contributed by atoms with Crippen LogP contribution in [0.4, 0.5) is 0 Å². The molecule has 1 fully saturated rings. The third-order valence-electron chi connectivity index (χ3n) is 4.49. The largest absolute Gasteiger partial charge is 0.444 e. The predicted molar refractivity (Wildman–Crippen MR) is 90.5 cm³/mol. The second-order valence-corrected chi connectivity index (χ2v) is 6.55. The molecule has 1 aliphatic heterocycles. The van der Waals surface area contributed by atoms with E-state index >= 15 is 0 Å². The van der Waals surface area contributed by atoms with Gasteiger partial charge < -0.3 is 9.15 Å². The van der Waals surface area contributed by atoms with Gasteiger partial charge in [-0.05, 0) is 14.1 Å². The summed E-state index contributed by atoms with van der Waals surface area (Å²) in [7, 11) is 6.19. The molecule has 0 aromatic carbocycles. The summed E-state index contributed by atoms with van der Waals surface area (Å²) in [5, 5.41) is 4.32. The van der Waals surface area contributed by atoms with E-state index in [2.05, 4.69) is 40.2 Å². The minimum atomic E-state index is 0.103. The van der Waals surface area contributed by atoms with Gasteiger partial charge in [-0.1, -0.05) is 6.92 Å². The van der Waals surface area contributed by atoms with Crippen molar-refractivity contribution in [1.29, 1.82) is 0 Å². The molecule has 0 spiro atoms. The summed E-state index contributed by atoms with van der Waals surface area (Å²) in [6.07, 6.45) is 6.76. The van der Waals surface area contributed by atoms with Crippen LogP contribution in [0, 0.1) is 0 Å². The first-order chi connectivity index (χ1) is 11.6. The first-order valence-corrected chi connectivity index (χ1v) is 8.49. The SMILES string of the molecule is CCc1ncc(CN(C)C[C@@H]2OCCN(C)[C@H]2c2cnn(C)c2)o1. The predicted octanol–water partition coefficient (Wildman–Crippen LogP) is 1.47. The lowest BCUT2D eigenvalue weighted by Crippen LogP contribution is -2.47. The number of aromatic nitrogens is 3. The lowest BCUT2D eigenvalue weighted by molar-refractivity contribution is -0.0747. The minimum Gasteiger partial charge on any atom is -0.444 e. The summed E-state index contributed by atoms with van der Waals surface area (Å²) < 4.78 is 13.7. The maximum atomic E-state index is 6.09. The van der Waals surface area contributed by atoms with Gasteiger partial charge in [0.15, 0.2) is 5.89 Å². The molecule has 132 valence electrons. The van der Waals surface area contributed by atoms with Gasteiger partial charge in [-0.25, -0.2) is 4.98 Å². The van der Waals surface area contributed by atoms with Gasteiger partial charge >= 0.3 is 0 Å². The van der Waals surface area contributed by atoms with E-state index in [0.717, 1.165) is 44.3 Å². The molecule has 2 atom stereocenters. The lowest BCUT2D eigenvalue weighted by Gasteiger charge is -2.40. The van der Waals surface area contributed by atoms with Gasteiger partial charge in [-0.3, -0.25) is 14.5 Å². The summed E-state index contributed by atoms with van der Waals surface area (Å²) in [6, 6.07) is 0.218. The Balaban J connectivity index is 1.66. The summed E-state index contributed by atoms with van der Waals surface area (Å²) in [5.41, 5.74) is 1.20. The van der Waals surface area contributed by atoms with Crippen LogP contribution in [0.25, 0.3) is 0 Å². The van der Waals surface area contributed by atoms with Gasteiger partial charge in [0.25, 0.3) is 0 Å². The van der Waals surface area contributed by atoms with E-state index in [0.29, 0.717) is 0 Å². The number of hydrogen-bond donors (Lipinski definition) is 0. The molecule has 0 aliphatic carbocycles. The number of nitrogens with zero attached hydrogens (tertiary/aromatic N) is 5. The zero-order chi connectivity index (χ0) is 17.1. The van der Waals surface area contributed by atoms with Crippen molar-refractivity contribution in [2.45, 2.75) is 32.0 Å². The Labute approximate surface area is 143 Å². The highest BCUT2D eigenvalue weighted by atomic mass is 16.5. The first-order valence-electron chi connectivity index (χ1n) is 8.49. The monoisotopic (exact) mass is 333 g/mol. The molecule has 3 rings (SSSR count). The molecular formula is C17H27N5O2. The van der Waals surface area contributed by atoms with Gasteiger partial charge in [0.1, 0.15) is 5.76 Å². The van der Waals surface area contributed by atoms with Crippen molar-refractivity contribution in [2.75, 3.05) is 33.8 Å². The van der Waals surface area contributed by atoms with Crippen molar-refractivity contribution in [3.05, 3.63) is 35.8 Å². The zero-order valence-electron chi connectivity index (χ0n) is 15.0. The highest BCUT2D eigenvalue weighted by Gasteiger charge is 2.33. The summed E-state index contributed by atoms with van der Waals surface area (Å²) in [6.45, 7) is 5.29. The Kier molecular flexibility index (Phi) is 5.33. The smallest absolute Gasteiger partial charge is 0.194 e. The maximum Gasteiger partial charge on any atom is 0.194 e. The van der Waals surface area contributed by atoms with Gasteiger partial charge in [0.2, 0.25) is 0 Å². The van der Waals surface area contributed by atoms with Gasteiger partial charge in [-0.2, -0.15) is 5.10 Å². The van der Waals surface area contributed by atoms with Gasteiger partial charge in [0, 0.05) is 38.3 Å². The molecule has 0 bridgehead atoms. The summed E-state index contributed by atoms with van der Waals surface area (Å²) >= 11 is 0. The van der Waals surface area contributed by atoms with Crippen LogP contribution in [-0.4, -0.2) is 64.5 Å². The average molecular weight is 333 g/mol. The van der Waals surface area contributed by atoms with Crippen molar-refractivity contribution in [2.24, 2.45) is 7.05 Å². The number of oxazole rings is 1. The van der Waals surface area contributed by atoms with Crippen LogP contribution in [-0.2, 0) is 24.8 Å². The molecule has 0 unspecified atom stereocenters. The Hall–Kier alpha value is -1.70. The molecule has 0 saturated carbocycles. The number of ether oxygens (including phenoxy) is 1. The van der Waals surface area contributed by atoms with Crippen molar-refractivity contribution in [3.63, 3.8) is 0 Å². The van der Waals surface area contributed by atoms with Crippen molar-refractivity contribution >= 4 is 0 Å². The highest BCUT2D eigenvalue weighted by Crippen LogP contribution is 2.28. The molecule has 3 heterocycles. The van der Waals surface area contributed by atoms with Crippen molar-refractivity contribution < 1.29 is 9.15 Å². The molecule has 7 nitrogen and oxygen atoms in total. The van der Waals surface area contributed by atoms with E-state index in [1.807, 2.05) is 31.0 Å². The minimum absolute atomic E-state index is 0.103. The second-order valence-electron chi connectivity index (χ2n) is 6.55. The molecule has 0 radical (unpaired) electrons. The Morgan fingerprint density at radius 3 is 2.83 bits per heavy atom. The van der Waals surface area contributed by atoms with Crippen LogP contribution in [0.3, 0.4) is 0 Å². The molecule has 2 aromatic heterocycles. The molecular weight excluding hydrogens is 306 g/mol. The fourth-order valence-corrected chi connectivity index (χ4v) is 3.30. The molecule has 2 aromatic rings. The van der Waals surface area contributed by atoms with Crippen molar-refractivity contribution in [1.82, 2.24) is 24.6 Å². The first kappa shape index (κ1) is 17.1. The quantitative estimate of drug-likeness (QED) is 0.798. The number of rotatable bonds is 6. The van der Waals surface area contributed by atoms with E-state index in [-0.39, 0.29) is 12.1 Å². The van der Waals surface area contributed by atoms with E-state index in [4.69, 9.17) is 9.15 Å². The number of hydrogen-bond acceptors (Lipinski definition) is 6. The molecule has 0 amide bonds.